The van der Waals surface area contributed by atoms with Crippen LogP contribution in [0.3, 0.4) is 0 Å². The molecule has 0 fully saturated rings. The van der Waals surface area contributed by atoms with Crippen molar-refractivity contribution in [3.63, 3.8) is 0 Å². The van der Waals surface area contributed by atoms with E-state index >= 15 is 0 Å². The maximum Gasteiger partial charge on any atom is 0.223 e. The lowest BCUT2D eigenvalue weighted by Crippen LogP contribution is -2.39. The molecule has 0 aliphatic carbocycles. The van der Waals surface area contributed by atoms with Gasteiger partial charge in [-0.25, -0.2) is 0 Å². The van der Waals surface area contributed by atoms with E-state index in [1.54, 1.807) is 0 Å². The summed E-state index contributed by atoms with van der Waals surface area (Å²) >= 11 is 1.83. The maximum atomic E-state index is 12.0. The lowest BCUT2D eigenvalue weighted by atomic mass is 9.97. The van der Waals surface area contributed by atoms with Gasteiger partial charge in [-0.2, -0.15) is 0 Å². The summed E-state index contributed by atoms with van der Waals surface area (Å²) in [7, 11) is 0. The fraction of sp³-hybridized carbons (Fsp3) is 0.615. The standard InChI is InChI=1S/C13H19NOS/c1-3-5-13(15)14-8-6-12-10(7-9-16-12)11(14)4-2/h7,9,11H,3-6,8H2,1-2H3. The molecule has 1 atom stereocenters. The highest BCUT2D eigenvalue weighted by Crippen LogP contribution is 2.35. The van der Waals surface area contributed by atoms with Gasteiger partial charge in [-0.05, 0) is 36.3 Å². The number of carbonyl (C=O) groups excluding carboxylic acids is 1. The first-order chi connectivity index (χ1) is 7.77. The Bertz CT molecular complexity index is 372. The van der Waals surface area contributed by atoms with Gasteiger partial charge in [0, 0.05) is 17.8 Å². The van der Waals surface area contributed by atoms with E-state index in [2.05, 4.69) is 30.2 Å². The molecule has 2 heterocycles. The summed E-state index contributed by atoms with van der Waals surface area (Å²) in [5, 5.41) is 2.15. The van der Waals surface area contributed by atoms with Crippen LogP contribution < -0.4 is 0 Å². The highest BCUT2D eigenvalue weighted by atomic mass is 32.1. The molecule has 0 radical (unpaired) electrons. The molecular weight excluding hydrogens is 218 g/mol. The Morgan fingerprint density at radius 1 is 1.56 bits per heavy atom. The van der Waals surface area contributed by atoms with E-state index in [0.717, 1.165) is 25.8 Å². The summed E-state index contributed by atoms with van der Waals surface area (Å²) in [6.45, 7) is 5.15. The van der Waals surface area contributed by atoms with Gasteiger partial charge in [0.15, 0.2) is 0 Å². The van der Waals surface area contributed by atoms with Crippen molar-refractivity contribution in [1.82, 2.24) is 4.90 Å². The van der Waals surface area contributed by atoms with Gasteiger partial charge in [0.1, 0.15) is 0 Å². The van der Waals surface area contributed by atoms with Crippen molar-refractivity contribution in [3.05, 3.63) is 21.9 Å². The van der Waals surface area contributed by atoms with Gasteiger partial charge in [-0.3, -0.25) is 4.79 Å². The molecule has 0 spiro atoms. The first-order valence-electron chi connectivity index (χ1n) is 6.13. The quantitative estimate of drug-likeness (QED) is 0.789. The first-order valence-corrected chi connectivity index (χ1v) is 7.01. The topological polar surface area (TPSA) is 20.3 Å². The second-order valence-electron chi connectivity index (χ2n) is 4.31. The van der Waals surface area contributed by atoms with E-state index in [9.17, 15) is 4.79 Å². The summed E-state index contributed by atoms with van der Waals surface area (Å²) in [6.07, 6.45) is 3.70. The zero-order valence-electron chi connectivity index (χ0n) is 10.0. The van der Waals surface area contributed by atoms with Crippen LogP contribution in [-0.4, -0.2) is 17.4 Å². The Hall–Kier alpha value is -0.830. The number of amides is 1. The van der Waals surface area contributed by atoms with Gasteiger partial charge in [0.05, 0.1) is 6.04 Å². The lowest BCUT2D eigenvalue weighted by molar-refractivity contribution is -0.134. The molecule has 1 aromatic rings. The number of hydrogen-bond acceptors (Lipinski definition) is 2. The van der Waals surface area contributed by atoms with E-state index in [0.29, 0.717) is 18.4 Å². The van der Waals surface area contributed by atoms with Crippen molar-refractivity contribution in [3.8, 4) is 0 Å². The maximum absolute atomic E-state index is 12.0. The van der Waals surface area contributed by atoms with Crippen LogP contribution in [0.2, 0.25) is 0 Å². The minimum Gasteiger partial charge on any atom is -0.335 e. The highest BCUT2D eigenvalue weighted by molar-refractivity contribution is 7.10. The van der Waals surface area contributed by atoms with Crippen molar-refractivity contribution >= 4 is 17.2 Å². The van der Waals surface area contributed by atoms with Gasteiger partial charge in [-0.1, -0.05) is 13.8 Å². The Morgan fingerprint density at radius 3 is 3.06 bits per heavy atom. The van der Waals surface area contributed by atoms with Gasteiger partial charge in [-0.15, -0.1) is 11.3 Å². The molecular formula is C13H19NOS. The molecule has 1 aliphatic heterocycles. The fourth-order valence-corrected chi connectivity index (χ4v) is 3.42. The minimum atomic E-state index is 0.325. The highest BCUT2D eigenvalue weighted by Gasteiger charge is 2.29. The average Bonchev–Trinajstić information content (AvgIpc) is 2.75. The van der Waals surface area contributed by atoms with Crippen molar-refractivity contribution < 1.29 is 4.79 Å². The van der Waals surface area contributed by atoms with E-state index in [1.165, 1.54) is 10.4 Å². The molecule has 1 unspecified atom stereocenters. The van der Waals surface area contributed by atoms with Crippen LogP contribution in [0.5, 0.6) is 0 Å². The molecule has 2 rings (SSSR count). The molecule has 16 heavy (non-hydrogen) atoms. The normalized spacial score (nSPS) is 19.6. The predicted molar refractivity (Wildman–Crippen MR) is 67.7 cm³/mol. The van der Waals surface area contributed by atoms with Crippen LogP contribution in [0.25, 0.3) is 0 Å². The largest absolute Gasteiger partial charge is 0.335 e. The minimum absolute atomic E-state index is 0.325. The molecule has 1 aliphatic rings. The third kappa shape index (κ3) is 2.01. The number of nitrogens with zero attached hydrogens (tertiary/aromatic N) is 1. The van der Waals surface area contributed by atoms with E-state index in [4.69, 9.17) is 0 Å². The van der Waals surface area contributed by atoms with Gasteiger partial charge in [0.2, 0.25) is 5.91 Å². The summed E-state index contributed by atoms with van der Waals surface area (Å²) in [5.74, 6) is 0.325. The molecule has 2 nitrogen and oxygen atoms in total. The van der Waals surface area contributed by atoms with Crippen LogP contribution in [0.4, 0.5) is 0 Å². The number of hydrogen-bond donors (Lipinski definition) is 0. The Balaban J connectivity index is 2.21. The first kappa shape index (κ1) is 11.6. The second kappa shape index (κ2) is 5.00. The Labute approximate surface area is 101 Å². The molecule has 88 valence electrons. The predicted octanol–water partition coefficient (Wildman–Crippen LogP) is 3.38. The van der Waals surface area contributed by atoms with E-state index < -0.39 is 0 Å². The van der Waals surface area contributed by atoms with Crippen molar-refractivity contribution in [2.75, 3.05) is 6.54 Å². The second-order valence-corrected chi connectivity index (χ2v) is 5.31. The molecule has 1 aromatic heterocycles. The van der Waals surface area contributed by atoms with Crippen LogP contribution in [0, 0.1) is 0 Å². The van der Waals surface area contributed by atoms with Crippen LogP contribution >= 0.6 is 11.3 Å². The third-order valence-electron chi connectivity index (χ3n) is 3.27. The number of rotatable bonds is 3. The van der Waals surface area contributed by atoms with Crippen molar-refractivity contribution in [2.24, 2.45) is 0 Å². The van der Waals surface area contributed by atoms with Crippen LogP contribution in [-0.2, 0) is 11.2 Å². The molecule has 3 heteroatoms. The van der Waals surface area contributed by atoms with Crippen molar-refractivity contribution in [2.45, 2.75) is 45.6 Å². The molecule has 0 bridgehead atoms. The number of carbonyl (C=O) groups is 1. The molecule has 0 aromatic carbocycles. The molecule has 0 N–H and O–H groups in total. The third-order valence-corrected chi connectivity index (χ3v) is 4.26. The summed E-state index contributed by atoms with van der Waals surface area (Å²) in [4.78, 5) is 15.6. The summed E-state index contributed by atoms with van der Waals surface area (Å²) in [6, 6.07) is 2.52. The van der Waals surface area contributed by atoms with Crippen LogP contribution in [0.15, 0.2) is 11.4 Å². The Kier molecular flexibility index (Phi) is 3.64. The summed E-state index contributed by atoms with van der Waals surface area (Å²) in [5.41, 5.74) is 1.39. The smallest absolute Gasteiger partial charge is 0.223 e. The van der Waals surface area contributed by atoms with Gasteiger partial charge in [0.25, 0.3) is 0 Å². The zero-order valence-corrected chi connectivity index (χ0v) is 10.8. The molecule has 0 saturated heterocycles. The van der Waals surface area contributed by atoms with Crippen molar-refractivity contribution in [1.29, 1.82) is 0 Å². The summed E-state index contributed by atoms with van der Waals surface area (Å²) < 4.78 is 0. The monoisotopic (exact) mass is 237 g/mol. The van der Waals surface area contributed by atoms with E-state index in [-0.39, 0.29) is 0 Å². The van der Waals surface area contributed by atoms with Gasteiger partial charge >= 0.3 is 0 Å². The average molecular weight is 237 g/mol. The molecule has 0 saturated carbocycles. The zero-order chi connectivity index (χ0) is 11.5. The number of fused-ring (bicyclic) bond motifs is 1. The molecule has 1 amide bonds. The van der Waals surface area contributed by atoms with Gasteiger partial charge < -0.3 is 4.90 Å². The number of thiophene rings is 1. The lowest BCUT2D eigenvalue weighted by Gasteiger charge is -2.35. The van der Waals surface area contributed by atoms with E-state index in [1.807, 2.05) is 11.3 Å². The SMILES string of the molecule is CCCC(=O)N1CCc2sccc2C1CC. The fourth-order valence-electron chi connectivity index (χ4n) is 2.49. The Morgan fingerprint density at radius 2 is 2.38 bits per heavy atom. The van der Waals surface area contributed by atoms with Crippen LogP contribution in [0.1, 0.15) is 49.6 Å².